The second-order valence-electron chi connectivity index (χ2n) is 5.60. The molecule has 1 aromatic rings. The van der Waals surface area contributed by atoms with Crippen LogP contribution < -0.4 is 0 Å². The van der Waals surface area contributed by atoms with Crippen molar-refractivity contribution >= 4 is 46.6 Å². The quantitative estimate of drug-likeness (QED) is 0.329. The summed E-state index contributed by atoms with van der Waals surface area (Å²) in [5, 5.41) is 25.1. The van der Waals surface area contributed by atoms with E-state index in [2.05, 4.69) is 35.2 Å². The molecule has 0 amide bonds. The van der Waals surface area contributed by atoms with Crippen LogP contribution in [-0.2, 0) is 18.9 Å². The summed E-state index contributed by atoms with van der Waals surface area (Å²) in [7, 11) is 0. The number of aliphatic hydroxyl groups is 2. The van der Waals surface area contributed by atoms with Gasteiger partial charge in [-0.1, -0.05) is 22.6 Å². The largest absolute Gasteiger partial charge is 0.394 e. The van der Waals surface area contributed by atoms with Gasteiger partial charge in [0, 0.05) is 11.1 Å². The van der Waals surface area contributed by atoms with E-state index in [0.29, 0.717) is 12.2 Å². The Labute approximate surface area is 169 Å². The third-order valence-corrected chi connectivity index (χ3v) is 5.38. The molecule has 0 bridgehead atoms. The van der Waals surface area contributed by atoms with Gasteiger partial charge in [-0.3, -0.25) is 0 Å². The number of hydrogen-bond acceptors (Lipinski definition) is 8. The molecule has 2 N–H and O–H groups in total. The highest BCUT2D eigenvalue weighted by atomic mass is 127. The van der Waals surface area contributed by atoms with E-state index < -0.39 is 43.6 Å². The zero-order valence-electron chi connectivity index (χ0n) is 13.1. The maximum Gasteiger partial charge on any atom is 0.185 e. The summed E-state index contributed by atoms with van der Waals surface area (Å²) in [6.07, 6.45) is -2.28. The minimum atomic E-state index is -1.09. The van der Waals surface area contributed by atoms with Gasteiger partial charge in [-0.25, -0.2) is 0 Å². The van der Waals surface area contributed by atoms with Crippen molar-refractivity contribution < 1.29 is 29.2 Å². The van der Waals surface area contributed by atoms with Gasteiger partial charge in [0.1, 0.15) is 24.4 Å². The van der Waals surface area contributed by atoms with Crippen LogP contribution >= 0.6 is 46.6 Å². The summed E-state index contributed by atoms with van der Waals surface area (Å²) in [4.78, 5) is 0. The number of aliphatic hydroxyl groups excluding tert-OH is 2. The van der Waals surface area contributed by atoms with Crippen LogP contribution in [0.25, 0.3) is 0 Å². The first-order valence-electron chi connectivity index (χ1n) is 7.68. The predicted molar refractivity (Wildman–Crippen MR) is 105 cm³/mol. The van der Waals surface area contributed by atoms with Crippen molar-refractivity contribution in [1.29, 1.82) is 0 Å². The van der Waals surface area contributed by atoms with E-state index in [0.717, 1.165) is 5.56 Å². The summed E-state index contributed by atoms with van der Waals surface area (Å²) >= 11 is 7.83. The Morgan fingerprint density at radius 2 is 2.28 bits per heavy atom. The first-order chi connectivity index (χ1) is 12.2. The molecule has 2 saturated heterocycles. The molecule has 138 valence electrons. The van der Waals surface area contributed by atoms with Crippen LogP contribution in [-0.4, -0.2) is 54.1 Å². The molecule has 0 saturated carbocycles. The van der Waals surface area contributed by atoms with E-state index in [1.165, 1.54) is 0 Å². The Balaban J connectivity index is 1.80. The van der Waals surface area contributed by atoms with Crippen LogP contribution in [0.2, 0.25) is 0 Å². The van der Waals surface area contributed by atoms with Crippen molar-refractivity contribution in [2.75, 3.05) is 13.2 Å². The number of hydrogen-bond donors (Lipinski definition) is 3. The molecule has 2 fully saturated rings. The van der Waals surface area contributed by atoms with Crippen LogP contribution in [0.5, 0.6) is 0 Å². The zero-order valence-corrected chi connectivity index (χ0v) is 17.0. The van der Waals surface area contributed by atoms with E-state index >= 15 is 0 Å². The highest BCUT2D eigenvalue weighted by molar-refractivity contribution is 14.1. The highest BCUT2D eigenvalue weighted by Gasteiger charge is 2.48. The van der Waals surface area contributed by atoms with Gasteiger partial charge in [-0.2, -0.15) is 24.0 Å². The van der Waals surface area contributed by atoms with Gasteiger partial charge in [0.15, 0.2) is 12.6 Å². The average molecular weight is 498 g/mol. The average Bonchev–Trinajstić information content (AvgIpc) is 3.19. The summed E-state index contributed by atoms with van der Waals surface area (Å²) in [5.41, 5.74) is 1.61. The van der Waals surface area contributed by atoms with Crippen molar-refractivity contribution in [2.24, 2.45) is 0 Å². The molecule has 2 unspecified atom stereocenters. The lowest BCUT2D eigenvalue weighted by Crippen LogP contribution is -2.60. The van der Waals surface area contributed by atoms with E-state index in [-0.39, 0.29) is 0 Å². The van der Waals surface area contributed by atoms with Gasteiger partial charge in [-0.15, -0.1) is 0 Å². The first kappa shape index (κ1) is 19.8. The van der Waals surface area contributed by atoms with Crippen molar-refractivity contribution in [3.8, 4) is 0 Å². The van der Waals surface area contributed by atoms with Crippen molar-refractivity contribution in [1.82, 2.24) is 0 Å². The minimum Gasteiger partial charge on any atom is -0.394 e. The summed E-state index contributed by atoms with van der Waals surface area (Å²) in [6, 6.07) is 1.92. The number of fused-ring (bicyclic) bond motifs is 1. The number of ether oxygens (including phenoxy) is 4. The van der Waals surface area contributed by atoms with E-state index in [1.807, 2.05) is 20.9 Å². The molecule has 9 heteroatoms. The van der Waals surface area contributed by atoms with Crippen LogP contribution in [0.4, 0.5) is 0 Å². The van der Waals surface area contributed by atoms with Gasteiger partial charge in [-0.05, 0) is 32.4 Å². The smallest absolute Gasteiger partial charge is 0.185 e. The molecular formula is C16H19IO6S2. The molecule has 2 aliphatic rings. The molecule has 0 aromatic carbocycles. The topological polar surface area (TPSA) is 77.4 Å². The molecule has 25 heavy (non-hydrogen) atoms. The maximum atomic E-state index is 10.2. The van der Waals surface area contributed by atoms with Crippen molar-refractivity contribution in [2.45, 2.75) is 37.0 Å². The Morgan fingerprint density at radius 1 is 1.44 bits per heavy atom. The second-order valence-corrected chi connectivity index (χ2v) is 7.36. The lowest BCUT2D eigenvalue weighted by Gasteiger charge is -2.47. The van der Waals surface area contributed by atoms with E-state index in [9.17, 15) is 10.2 Å². The molecule has 2 aliphatic heterocycles. The van der Waals surface area contributed by atoms with Gasteiger partial charge in [0.2, 0.25) is 0 Å². The van der Waals surface area contributed by atoms with E-state index in [1.54, 1.807) is 22.8 Å². The summed E-state index contributed by atoms with van der Waals surface area (Å²) < 4.78 is 25.4. The number of rotatable bonds is 5. The third-order valence-electron chi connectivity index (χ3n) is 4.02. The van der Waals surface area contributed by atoms with Gasteiger partial charge in [0.25, 0.3) is 0 Å². The minimum absolute atomic E-state index is 0.299. The molecule has 0 spiro atoms. The van der Waals surface area contributed by atoms with Gasteiger partial charge < -0.3 is 29.2 Å². The van der Waals surface area contributed by atoms with Crippen LogP contribution in [0.1, 0.15) is 11.9 Å². The Bertz CT molecular complexity index is 608. The normalized spacial score (nSPS) is 34.9. The van der Waals surface area contributed by atoms with Gasteiger partial charge in [0.05, 0.1) is 13.2 Å². The Hall–Kier alpha value is 0.0200. The Kier molecular flexibility index (Phi) is 7.35. The predicted octanol–water partition coefficient (Wildman–Crippen LogP) is 2.39. The summed E-state index contributed by atoms with van der Waals surface area (Å²) in [6.45, 7) is -0.135. The number of thiophene rings is 1. The molecule has 0 aliphatic carbocycles. The number of thiol groups is 1. The second kappa shape index (κ2) is 9.29. The van der Waals surface area contributed by atoms with Crippen LogP contribution in [0.3, 0.4) is 0 Å². The molecule has 3 rings (SSSR count). The molecule has 6 nitrogen and oxygen atoms in total. The summed E-state index contributed by atoms with van der Waals surface area (Å²) in [5.74, 6) is 0. The molecular weight excluding hydrogens is 479 g/mol. The molecule has 6 atom stereocenters. The van der Waals surface area contributed by atoms with E-state index in [4.69, 9.17) is 18.9 Å². The fourth-order valence-electron chi connectivity index (χ4n) is 2.77. The van der Waals surface area contributed by atoms with Crippen molar-refractivity contribution in [3.05, 3.63) is 43.5 Å². The van der Waals surface area contributed by atoms with Crippen LogP contribution in [0, 0.1) is 0 Å². The molecule has 3 heterocycles. The molecule has 0 radical (unpaired) electrons. The monoisotopic (exact) mass is 498 g/mol. The fourth-order valence-corrected chi connectivity index (χ4v) is 4.06. The highest BCUT2D eigenvalue weighted by Crippen LogP contribution is 2.36. The first-order valence-corrected chi connectivity index (χ1v) is 10.4. The lowest BCUT2D eigenvalue weighted by atomic mass is 10.00. The number of halogens is 1. The lowest BCUT2D eigenvalue weighted by molar-refractivity contribution is -0.362. The SMILES string of the molecule is OC[C@@H](O)[C@H]1OC(C(/C=C\I)=C/S)O[C@H]2COC(c3ccsc3)O[C@@H]12. The third kappa shape index (κ3) is 4.47. The zero-order chi connectivity index (χ0) is 17.8. The standard InChI is InChI=1S/C16H19IO6S2/c17-3-1-9(7-24)16-21-12-6-20-15(10-2-4-25-8-10)23-14(12)13(22-16)11(19)5-18/h1-4,7-8,11-16,18-19,24H,5-6H2/b3-1-,9-7+/t11-,12+,13-,14-,15?,16?/m1/s1. The Morgan fingerprint density at radius 3 is 2.92 bits per heavy atom. The fraction of sp³-hybridized carbons (Fsp3) is 0.500. The van der Waals surface area contributed by atoms with Crippen molar-refractivity contribution in [3.63, 3.8) is 0 Å². The van der Waals surface area contributed by atoms with Gasteiger partial charge >= 0.3 is 0 Å². The molecule has 1 aromatic heterocycles. The maximum absolute atomic E-state index is 10.2. The van der Waals surface area contributed by atoms with Crippen LogP contribution in [0.15, 0.2) is 38.0 Å².